The Morgan fingerprint density at radius 3 is 2.50 bits per heavy atom. The summed E-state index contributed by atoms with van der Waals surface area (Å²) in [7, 11) is 0. The average molecular weight is 282 g/mol. The van der Waals surface area contributed by atoms with Crippen LogP contribution < -0.4 is 5.73 Å². The molecule has 0 aromatic rings. The third kappa shape index (κ3) is 3.87. The zero-order valence-electron chi connectivity index (χ0n) is 13.4. The van der Waals surface area contributed by atoms with Gasteiger partial charge in [0.2, 0.25) is 0 Å². The molecule has 1 aliphatic carbocycles. The van der Waals surface area contributed by atoms with Crippen molar-refractivity contribution < 1.29 is 9.53 Å². The van der Waals surface area contributed by atoms with Crippen molar-refractivity contribution in [3.63, 3.8) is 0 Å². The minimum atomic E-state index is -0.408. The molecule has 2 atom stereocenters. The molecule has 0 spiro atoms. The molecule has 1 saturated carbocycles. The SMILES string of the molecule is CC1CN(C(=O)OC(C)(C)C)CCC1CC1(CN)CC1. The Balaban J connectivity index is 1.84. The van der Waals surface area contributed by atoms with Crippen molar-refractivity contribution in [2.75, 3.05) is 19.6 Å². The Kier molecular flexibility index (Phi) is 4.33. The summed E-state index contributed by atoms with van der Waals surface area (Å²) in [6.07, 6.45) is 4.75. The molecule has 4 nitrogen and oxygen atoms in total. The minimum Gasteiger partial charge on any atom is -0.444 e. The summed E-state index contributed by atoms with van der Waals surface area (Å²) in [6, 6.07) is 0. The van der Waals surface area contributed by atoms with Gasteiger partial charge in [0.25, 0.3) is 0 Å². The molecule has 0 bridgehead atoms. The lowest BCUT2D eigenvalue weighted by atomic mass is 9.79. The van der Waals surface area contributed by atoms with E-state index in [1.807, 2.05) is 25.7 Å². The van der Waals surface area contributed by atoms with Gasteiger partial charge in [0.15, 0.2) is 0 Å². The number of rotatable bonds is 3. The molecule has 2 rings (SSSR count). The van der Waals surface area contributed by atoms with Gasteiger partial charge in [-0.3, -0.25) is 0 Å². The van der Waals surface area contributed by atoms with Gasteiger partial charge in [-0.05, 0) is 70.3 Å². The molecule has 1 aliphatic heterocycles. The lowest BCUT2D eigenvalue weighted by molar-refractivity contribution is 0.00977. The molecule has 2 fully saturated rings. The molecular weight excluding hydrogens is 252 g/mol. The van der Waals surface area contributed by atoms with Crippen LogP contribution in [0.25, 0.3) is 0 Å². The Hall–Kier alpha value is -0.770. The largest absolute Gasteiger partial charge is 0.444 e. The lowest BCUT2D eigenvalue weighted by Crippen LogP contribution is -2.45. The van der Waals surface area contributed by atoms with E-state index in [-0.39, 0.29) is 6.09 Å². The first-order valence-corrected chi connectivity index (χ1v) is 7.93. The van der Waals surface area contributed by atoms with Crippen LogP contribution in [0.5, 0.6) is 0 Å². The first-order valence-electron chi connectivity index (χ1n) is 7.93. The molecule has 0 aromatic heterocycles. The van der Waals surface area contributed by atoms with Gasteiger partial charge in [0, 0.05) is 13.1 Å². The number of amides is 1. The lowest BCUT2D eigenvalue weighted by Gasteiger charge is -2.38. The number of nitrogens with two attached hydrogens (primary N) is 1. The molecular formula is C16H30N2O2. The highest BCUT2D eigenvalue weighted by atomic mass is 16.6. The monoisotopic (exact) mass is 282 g/mol. The first-order chi connectivity index (χ1) is 9.25. The molecule has 0 aromatic carbocycles. The van der Waals surface area contributed by atoms with Crippen LogP contribution in [0, 0.1) is 17.3 Å². The third-order valence-corrected chi connectivity index (χ3v) is 4.82. The van der Waals surface area contributed by atoms with Crippen LogP contribution in [0.1, 0.15) is 53.4 Å². The Bertz CT molecular complexity index is 358. The highest BCUT2D eigenvalue weighted by Gasteiger charge is 2.44. The second-order valence-corrected chi connectivity index (χ2v) is 7.86. The Morgan fingerprint density at radius 1 is 1.40 bits per heavy atom. The number of hydrogen-bond donors (Lipinski definition) is 1. The second-order valence-electron chi connectivity index (χ2n) is 7.86. The van der Waals surface area contributed by atoms with Crippen molar-refractivity contribution in [1.82, 2.24) is 4.90 Å². The van der Waals surface area contributed by atoms with Crippen LogP contribution in [-0.4, -0.2) is 36.2 Å². The van der Waals surface area contributed by atoms with E-state index < -0.39 is 5.60 Å². The van der Waals surface area contributed by atoms with Crippen LogP contribution in [0.2, 0.25) is 0 Å². The number of piperidine rings is 1. The number of carbonyl (C=O) groups is 1. The van der Waals surface area contributed by atoms with E-state index in [0.717, 1.165) is 26.1 Å². The molecule has 0 radical (unpaired) electrons. The molecule has 116 valence electrons. The molecule has 2 unspecified atom stereocenters. The molecule has 1 saturated heterocycles. The third-order valence-electron chi connectivity index (χ3n) is 4.82. The number of likely N-dealkylation sites (tertiary alicyclic amines) is 1. The standard InChI is InChI=1S/C16H30N2O2/c1-12-10-18(14(19)20-15(2,3)4)8-5-13(12)9-16(11-17)6-7-16/h12-13H,5-11,17H2,1-4H3. The smallest absolute Gasteiger partial charge is 0.410 e. The van der Waals surface area contributed by atoms with Gasteiger partial charge in [-0.2, -0.15) is 0 Å². The topological polar surface area (TPSA) is 55.6 Å². The fourth-order valence-corrected chi connectivity index (χ4v) is 3.21. The molecule has 2 N–H and O–H groups in total. The van der Waals surface area contributed by atoms with Crippen LogP contribution in [-0.2, 0) is 4.74 Å². The molecule has 1 amide bonds. The average Bonchev–Trinajstić information content (AvgIpc) is 3.10. The van der Waals surface area contributed by atoms with Gasteiger partial charge < -0.3 is 15.4 Å². The molecule has 2 aliphatic rings. The van der Waals surface area contributed by atoms with E-state index in [4.69, 9.17) is 10.5 Å². The summed E-state index contributed by atoms with van der Waals surface area (Å²) in [5, 5.41) is 0. The van der Waals surface area contributed by atoms with Crippen LogP contribution in [0.15, 0.2) is 0 Å². The van der Waals surface area contributed by atoms with Gasteiger partial charge >= 0.3 is 6.09 Å². The molecule has 1 heterocycles. The first kappa shape index (κ1) is 15.6. The number of nitrogens with zero attached hydrogens (tertiary/aromatic N) is 1. The fraction of sp³-hybridized carbons (Fsp3) is 0.938. The number of ether oxygens (including phenoxy) is 1. The van der Waals surface area contributed by atoms with Crippen molar-refractivity contribution in [3.8, 4) is 0 Å². The summed E-state index contributed by atoms with van der Waals surface area (Å²) < 4.78 is 5.46. The van der Waals surface area contributed by atoms with Crippen LogP contribution in [0.4, 0.5) is 4.79 Å². The highest BCUT2D eigenvalue weighted by Crippen LogP contribution is 2.51. The van der Waals surface area contributed by atoms with E-state index in [0.29, 0.717) is 17.3 Å². The Morgan fingerprint density at radius 2 is 2.05 bits per heavy atom. The van der Waals surface area contributed by atoms with Crippen molar-refractivity contribution in [2.24, 2.45) is 23.0 Å². The fourth-order valence-electron chi connectivity index (χ4n) is 3.21. The summed E-state index contributed by atoms with van der Waals surface area (Å²) in [5.41, 5.74) is 5.92. The van der Waals surface area contributed by atoms with Crippen molar-refractivity contribution in [1.29, 1.82) is 0 Å². The number of hydrogen-bond acceptors (Lipinski definition) is 3. The number of carbonyl (C=O) groups excluding carboxylic acids is 1. The molecule has 4 heteroatoms. The van der Waals surface area contributed by atoms with Gasteiger partial charge in [-0.25, -0.2) is 4.79 Å². The van der Waals surface area contributed by atoms with E-state index in [2.05, 4.69) is 6.92 Å². The van der Waals surface area contributed by atoms with E-state index in [9.17, 15) is 4.79 Å². The maximum Gasteiger partial charge on any atom is 0.410 e. The second kappa shape index (κ2) is 5.55. The van der Waals surface area contributed by atoms with Gasteiger partial charge in [-0.1, -0.05) is 6.92 Å². The maximum atomic E-state index is 12.1. The zero-order chi connectivity index (χ0) is 15.0. The summed E-state index contributed by atoms with van der Waals surface area (Å²) >= 11 is 0. The zero-order valence-corrected chi connectivity index (χ0v) is 13.4. The quantitative estimate of drug-likeness (QED) is 0.865. The van der Waals surface area contributed by atoms with Gasteiger partial charge in [0.1, 0.15) is 5.60 Å². The van der Waals surface area contributed by atoms with E-state index in [1.165, 1.54) is 19.3 Å². The normalized spacial score (nSPS) is 29.1. The van der Waals surface area contributed by atoms with E-state index >= 15 is 0 Å². The predicted molar refractivity (Wildman–Crippen MR) is 80.4 cm³/mol. The summed E-state index contributed by atoms with van der Waals surface area (Å²) in [4.78, 5) is 14.0. The Labute approximate surface area is 123 Å². The maximum absolute atomic E-state index is 12.1. The van der Waals surface area contributed by atoms with Crippen molar-refractivity contribution >= 4 is 6.09 Å². The van der Waals surface area contributed by atoms with Crippen LogP contribution in [0.3, 0.4) is 0 Å². The van der Waals surface area contributed by atoms with E-state index in [1.54, 1.807) is 0 Å². The van der Waals surface area contributed by atoms with Crippen molar-refractivity contribution in [2.45, 2.75) is 59.0 Å². The van der Waals surface area contributed by atoms with Crippen LogP contribution >= 0.6 is 0 Å². The molecule has 20 heavy (non-hydrogen) atoms. The van der Waals surface area contributed by atoms with Crippen molar-refractivity contribution in [3.05, 3.63) is 0 Å². The predicted octanol–water partition coefficient (Wildman–Crippen LogP) is 3.01. The van der Waals surface area contributed by atoms with Gasteiger partial charge in [0.05, 0.1) is 0 Å². The highest BCUT2D eigenvalue weighted by molar-refractivity contribution is 5.68. The minimum absolute atomic E-state index is 0.164. The summed E-state index contributed by atoms with van der Waals surface area (Å²) in [6.45, 7) is 10.5. The van der Waals surface area contributed by atoms with Gasteiger partial charge in [-0.15, -0.1) is 0 Å². The summed E-state index contributed by atoms with van der Waals surface area (Å²) in [5.74, 6) is 1.25.